The summed E-state index contributed by atoms with van der Waals surface area (Å²) in [6.07, 6.45) is 3.37. The van der Waals surface area contributed by atoms with Gasteiger partial charge in [-0.3, -0.25) is 14.5 Å². The Kier molecular flexibility index (Phi) is 8.70. The summed E-state index contributed by atoms with van der Waals surface area (Å²) in [5.74, 6) is -1.68. The fraction of sp³-hybridized carbons (Fsp3) is 0.467. The fourth-order valence-corrected chi connectivity index (χ4v) is 7.21. The number of sulfonamides is 1. The van der Waals surface area contributed by atoms with Gasteiger partial charge in [0.05, 0.1) is 29.7 Å². The molecule has 40 heavy (non-hydrogen) atoms. The fourth-order valence-electron chi connectivity index (χ4n) is 5.69. The number of hydrogen-bond donors (Lipinski definition) is 1. The predicted molar refractivity (Wildman–Crippen MR) is 151 cm³/mol. The molecule has 0 saturated carbocycles. The van der Waals surface area contributed by atoms with Crippen LogP contribution in [0.15, 0.2) is 59.0 Å². The van der Waals surface area contributed by atoms with E-state index in [1.165, 1.54) is 28.6 Å². The van der Waals surface area contributed by atoms with E-state index in [2.05, 4.69) is 4.90 Å². The second-order valence-electron chi connectivity index (χ2n) is 10.7. The van der Waals surface area contributed by atoms with E-state index >= 15 is 0 Å². The average Bonchev–Trinajstić information content (AvgIpc) is 3.23. The monoisotopic (exact) mass is 567 g/mol. The zero-order valence-electron chi connectivity index (χ0n) is 22.9. The molecule has 0 bridgehead atoms. The summed E-state index contributed by atoms with van der Waals surface area (Å²) in [6, 6.07) is 12.8. The van der Waals surface area contributed by atoms with Gasteiger partial charge in [0.1, 0.15) is 5.76 Å². The third kappa shape index (κ3) is 5.85. The minimum atomic E-state index is -3.63. The highest BCUT2D eigenvalue weighted by atomic mass is 32.2. The summed E-state index contributed by atoms with van der Waals surface area (Å²) in [4.78, 5) is 30.6. The molecule has 5 rings (SSSR count). The van der Waals surface area contributed by atoms with E-state index in [0.717, 1.165) is 50.0 Å². The summed E-state index contributed by atoms with van der Waals surface area (Å²) in [6.45, 7) is 7.14. The van der Waals surface area contributed by atoms with Crippen LogP contribution in [0.5, 0.6) is 0 Å². The molecule has 0 radical (unpaired) electrons. The molecule has 1 amide bonds. The average molecular weight is 568 g/mol. The smallest absolute Gasteiger partial charge is 0.295 e. The van der Waals surface area contributed by atoms with Gasteiger partial charge in [-0.1, -0.05) is 36.2 Å². The van der Waals surface area contributed by atoms with E-state index in [4.69, 9.17) is 4.74 Å². The molecule has 9 nitrogen and oxygen atoms in total. The van der Waals surface area contributed by atoms with Gasteiger partial charge < -0.3 is 14.7 Å². The molecule has 2 aromatic rings. The summed E-state index contributed by atoms with van der Waals surface area (Å²) in [5.41, 5.74) is 2.09. The Morgan fingerprint density at radius 1 is 0.900 bits per heavy atom. The number of benzene rings is 2. The molecule has 0 aromatic heterocycles. The highest BCUT2D eigenvalue weighted by Gasteiger charge is 2.45. The molecule has 214 valence electrons. The minimum absolute atomic E-state index is 0.0202. The van der Waals surface area contributed by atoms with Crippen LogP contribution in [0.4, 0.5) is 0 Å². The molecule has 3 aliphatic rings. The van der Waals surface area contributed by atoms with Gasteiger partial charge in [-0.15, -0.1) is 0 Å². The van der Waals surface area contributed by atoms with Crippen molar-refractivity contribution >= 4 is 27.5 Å². The molecule has 3 saturated heterocycles. The second-order valence-corrected chi connectivity index (χ2v) is 12.6. The summed E-state index contributed by atoms with van der Waals surface area (Å²) in [5, 5.41) is 11.4. The molecule has 3 heterocycles. The number of Topliss-reactive ketones (excluding diaryl/α,β-unsaturated/α-hetero) is 1. The van der Waals surface area contributed by atoms with Gasteiger partial charge in [0.2, 0.25) is 10.0 Å². The van der Waals surface area contributed by atoms with Crippen LogP contribution in [0.2, 0.25) is 0 Å². The summed E-state index contributed by atoms with van der Waals surface area (Å²) in [7, 11) is -3.63. The molecule has 10 heteroatoms. The Morgan fingerprint density at radius 3 is 2.20 bits per heavy atom. The van der Waals surface area contributed by atoms with E-state index in [9.17, 15) is 23.1 Å². The van der Waals surface area contributed by atoms with E-state index in [-0.39, 0.29) is 16.2 Å². The van der Waals surface area contributed by atoms with Crippen LogP contribution in [-0.4, -0.2) is 91.8 Å². The lowest BCUT2D eigenvalue weighted by Crippen LogP contribution is -2.38. The molecule has 3 aliphatic heterocycles. The van der Waals surface area contributed by atoms with Gasteiger partial charge in [0, 0.05) is 44.8 Å². The number of rotatable bonds is 8. The van der Waals surface area contributed by atoms with Crippen molar-refractivity contribution in [1.82, 2.24) is 14.1 Å². The van der Waals surface area contributed by atoms with Crippen molar-refractivity contribution in [3.8, 4) is 0 Å². The summed E-state index contributed by atoms with van der Waals surface area (Å²) >= 11 is 0. The molecule has 1 N–H and O–H groups in total. The van der Waals surface area contributed by atoms with Crippen LogP contribution in [-0.2, 0) is 24.3 Å². The van der Waals surface area contributed by atoms with E-state index in [1.807, 2.05) is 31.2 Å². The van der Waals surface area contributed by atoms with Crippen LogP contribution in [0.1, 0.15) is 48.4 Å². The number of aliphatic hydroxyl groups is 1. The molecule has 0 aliphatic carbocycles. The summed E-state index contributed by atoms with van der Waals surface area (Å²) < 4.78 is 33.1. The first-order valence-electron chi connectivity index (χ1n) is 14.0. The minimum Gasteiger partial charge on any atom is -0.507 e. The highest BCUT2D eigenvalue weighted by molar-refractivity contribution is 7.89. The zero-order valence-corrected chi connectivity index (χ0v) is 23.7. The number of ketones is 1. The van der Waals surface area contributed by atoms with Gasteiger partial charge in [-0.05, 0) is 56.0 Å². The molecule has 0 spiro atoms. The zero-order chi connectivity index (χ0) is 28.3. The van der Waals surface area contributed by atoms with Crippen molar-refractivity contribution in [2.24, 2.45) is 0 Å². The first-order valence-corrected chi connectivity index (χ1v) is 15.5. The third-order valence-corrected chi connectivity index (χ3v) is 9.90. The van der Waals surface area contributed by atoms with Crippen molar-refractivity contribution in [1.29, 1.82) is 0 Å². The maximum atomic E-state index is 13.3. The molecule has 3 fully saturated rings. The number of hydrogen-bond acceptors (Lipinski definition) is 7. The number of aliphatic hydroxyl groups excluding tert-OH is 1. The number of ether oxygens (including phenoxy) is 1. The topological polar surface area (TPSA) is 107 Å². The second kappa shape index (κ2) is 12.2. The van der Waals surface area contributed by atoms with E-state index in [0.29, 0.717) is 44.8 Å². The normalized spacial score (nSPS) is 22.6. The quantitative estimate of drug-likeness (QED) is 0.296. The molecule has 2 aromatic carbocycles. The Bertz CT molecular complexity index is 1360. The van der Waals surface area contributed by atoms with Crippen molar-refractivity contribution in [2.45, 2.75) is 43.5 Å². The number of piperidine rings is 1. The number of morpholine rings is 1. The molecular formula is C30H37N3O6S. The maximum absolute atomic E-state index is 13.3. The predicted octanol–water partition coefficient (Wildman–Crippen LogP) is 3.31. The number of nitrogens with zero attached hydrogens (tertiary/aromatic N) is 3. The molecular weight excluding hydrogens is 530 g/mol. The van der Waals surface area contributed by atoms with Crippen LogP contribution in [0.3, 0.4) is 0 Å². The number of carbonyl (C=O) groups is 2. The Hall–Kier alpha value is -3.05. The van der Waals surface area contributed by atoms with Crippen molar-refractivity contribution < 1.29 is 27.9 Å². The van der Waals surface area contributed by atoms with Crippen LogP contribution in [0.25, 0.3) is 5.76 Å². The third-order valence-electron chi connectivity index (χ3n) is 7.99. The lowest BCUT2D eigenvalue weighted by atomic mass is 9.94. The first kappa shape index (κ1) is 28.5. The maximum Gasteiger partial charge on any atom is 0.295 e. The molecule has 1 atom stereocenters. The van der Waals surface area contributed by atoms with Crippen molar-refractivity contribution in [2.75, 3.05) is 52.5 Å². The SMILES string of the molecule is Cc1ccc([C@H]2C(=C(O)c3ccc(S(=O)(=O)N4CCCCC4)cc3)C(=O)C(=O)N2CCCN2CCOCC2)cc1. The van der Waals surface area contributed by atoms with E-state index in [1.54, 1.807) is 4.90 Å². The van der Waals surface area contributed by atoms with Gasteiger partial charge in [0.25, 0.3) is 11.7 Å². The van der Waals surface area contributed by atoms with Gasteiger partial charge in [-0.2, -0.15) is 4.31 Å². The first-order chi connectivity index (χ1) is 19.3. The van der Waals surface area contributed by atoms with Gasteiger partial charge in [-0.25, -0.2) is 8.42 Å². The molecule has 0 unspecified atom stereocenters. The lowest BCUT2D eigenvalue weighted by molar-refractivity contribution is -0.140. The number of carbonyl (C=O) groups excluding carboxylic acids is 2. The van der Waals surface area contributed by atoms with Gasteiger partial charge in [0.15, 0.2) is 0 Å². The number of likely N-dealkylation sites (tertiary alicyclic amines) is 1. The Morgan fingerprint density at radius 2 is 1.55 bits per heavy atom. The van der Waals surface area contributed by atoms with Gasteiger partial charge >= 0.3 is 0 Å². The number of amides is 1. The van der Waals surface area contributed by atoms with Crippen LogP contribution < -0.4 is 0 Å². The van der Waals surface area contributed by atoms with Crippen molar-refractivity contribution in [3.05, 3.63) is 70.8 Å². The Labute approximate surface area is 236 Å². The lowest BCUT2D eigenvalue weighted by Gasteiger charge is -2.29. The Balaban J connectivity index is 1.44. The van der Waals surface area contributed by atoms with Crippen LogP contribution >= 0.6 is 0 Å². The largest absolute Gasteiger partial charge is 0.507 e. The van der Waals surface area contributed by atoms with Crippen LogP contribution in [0, 0.1) is 6.92 Å². The standard InChI is InChI=1S/C30H37N3O6S/c1-22-6-8-23(9-7-22)27-26(29(35)30(36)33(27)17-5-14-31-18-20-39-21-19-31)28(34)24-10-12-25(13-11-24)40(37,38)32-15-3-2-4-16-32/h6-13,27,34H,2-5,14-21H2,1H3/t27-/m0/s1. The highest BCUT2D eigenvalue weighted by Crippen LogP contribution is 2.39. The number of aryl methyl sites for hydroxylation is 1. The van der Waals surface area contributed by atoms with E-state index < -0.39 is 27.8 Å². The van der Waals surface area contributed by atoms with Crippen molar-refractivity contribution in [3.63, 3.8) is 0 Å².